The molecule has 0 aromatic heterocycles. The maximum absolute atomic E-state index is 11.9. The number of carbonyl (C=O) groups excluding carboxylic acids is 1. The Bertz CT molecular complexity index is 433. The number of rotatable bonds is 3. The van der Waals surface area contributed by atoms with Crippen LogP contribution in [0.2, 0.25) is 0 Å². The molecular formula is C13H16ClNO2. The number of alkyl halides is 1. The van der Waals surface area contributed by atoms with Crippen molar-refractivity contribution in [2.24, 2.45) is 5.92 Å². The summed E-state index contributed by atoms with van der Waals surface area (Å²) in [4.78, 5) is 13.7. The van der Waals surface area contributed by atoms with Crippen molar-refractivity contribution >= 4 is 23.2 Å². The lowest BCUT2D eigenvalue weighted by atomic mass is 10.1. The van der Waals surface area contributed by atoms with E-state index < -0.39 is 0 Å². The average molecular weight is 254 g/mol. The van der Waals surface area contributed by atoms with Crippen LogP contribution in [0.5, 0.6) is 5.75 Å². The normalized spacial score (nSPS) is 19.8. The smallest absolute Gasteiger partial charge is 0.227 e. The minimum atomic E-state index is 0.123. The number of methoxy groups -OCH3 is 1. The first kappa shape index (κ1) is 12.2. The summed E-state index contributed by atoms with van der Waals surface area (Å²) in [7, 11) is 1.62. The summed E-state index contributed by atoms with van der Waals surface area (Å²) in [6.07, 6.45) is 0.528. The van der Waals surface area contributed by atoms with Gasteiger partial charge in [-0.05, 0) is 30.5 Å². The zero-order valence-electron chi connectivity index (χ0n) is 10.1. The quantitative estimate of drug-likeness (QED) is 0.775. The van der Waals surface area contributed by atoms with Gasteiger partial charge in [0.2, 0.25) is 5.91 Å². The average Bonchev–Trinajstić information content (AvgIpc) is 2.70. The second-order valence-corrected chi connectivity index (χ2v) is 4.71. The first-order valence-electron chi connectivity index (χ1n) is 5.66. The molecule has 1 fully saturated rings. The van der Waals surface area contributed by atoms with Gasteiger partial charge in [-0.25, -0.2) is 0 Å². The second kappa shape index (κ2) is 4.96. The van der Waals surface area contributed by atoms with Crippen molar-refractivity contribution in [2.45, 2.75) is 13.3 Å². The lowest BCUT2D eigenvalue weighted by molar-refractivity contribution is -0.117. The first-order valence-corrected chi connectivity index (χ1v) is 6.20. The van der Waals surface area contributed by atoms with Gasteiger partial charge in [-0.1, -0.05) is 6.07 Å². The van der Waals surface area contributed by atoms with E-state index in [-0.39, 0.29) is 11.8 Å². The highest BCUT2D eigenvalue weighted by Gasteiger charge is 2.31. The van der Waals surface area contributed by atoms with Crippen LogP contribution < -0.4 is 9.64 Å². The molecule has 0 N–H and O–H groups in total. The van der Waals surface area contributed by atoms with Crippen molar-refractivity contribution in [1.29, 1.82) is 0 Å². The van der Waals surface area contributed by atoms with Crippen LogP contribution in [-0.2, 0) is 4.79 Å². The molecule has 1 aromatic rings. The number of nitrogens with zero attached hydrogens (tertiary/aromatic N) is 1. The third-order valence-electron chi connectivity index (χ3n) is 3.05. The van der Waals surface area contributed by atoms with Crippen LogP contribution in [0, 0.1) is 12.8 Å². The highest BCUT2D eigenvalue weighted by Crippen LogP contribution is 2.33. The van der Waals surface area contributed by atoms with Crippen molar-refractivity contribution in [1.82, 2.24) is 0 Å². The Labute approximate surface area is 106 Å². The summed E-state index contributed by atoms with van der Waals surface area (Å²) in [5.41, 5.74) is 1.96. The van der Waals surface area contributed by atoms with Crippen molar-refractivity contribution < 1.29 is 9.53 Å². The number of hydrogen-bond acceptors (Lipinski definition) is 2. The monoisotopic (exact) mass is 253 g/mol. The van der Waals surface area contributed by atoms with Crippen LogP contribution >= 0.6 is 11.6 Å². The van der Waals surface area contributed by atoms with E-state index in [9.17, 15) is 4.79 Å². The number of carbonyl (C=O) groups is 1. The zero-order chi connectivity index (χ0) is 12.4. The van der Waals surface area contributed by atoms with Gasteiger partial charge in [-0.3, -0.25) is 4.79 Å². The zero-order valence-corrected chi connectivity index (χ0v) is 10.8. The summed E-state index contributed by atoms with van der Waals surface area (Å²) in [5, 5.41) is 0. The first-order chi connectivity index (χ1) is 8.15. The molecule has 92 valence electrons. The van der Waals surface area contributed by atoms with Crippen molar-refractivity contribution in [2.75, 3.05) is 24.4 Å². The van der Waals surface area contributed by atoms with Crippen molar-refractivity contribution in [3.63, 3.8) is 0 Å². The summed E-state index contributed by atoms with van der Waals surface area (Å²) in [6.45, 7) is 2.68. The fourth-order valence-electron chi connectivity index (χ4n) is 2.13. The number of halogens is 1. The lowest BCUT2D eigenvalue weighted by Crippen LogP contribution is -2.25. The molecule has 0 bridgehead atoms. The molecule has 4 heteroatoms. The van der Waals surface area contributed by atoms with Crippen LogP contribution in [0.3, 0.4) is 0 Å². The van der Waals surface area contributed by atoms with Crippen molar-refractivity contribution in [3.05, 3.63) is 23.8 Å². The van der Waals surface area contributed by atoms with E-state index in [1.165, 1.54) is 0 Å². The number of ether oxygens (including phenoxy) is 1. The third kappa shape index (κ3) is 2.39. The van der Waals surface area contributed by atoms with Gasteiger partial charge in [0.25, 0.3) is 0 Å². The molecule has 3 nitrogen and oxygen atoms in total. The molecule has 1 aliphatic rings. The number of amides is 1. The van der Waals surface area contributed by atoms with Crippen LogP contribution in [0.15, 0.2) is 18.2 Å². The summed E-state index contributed by atoms with van der Waals surface area (Å²) in [5.74, 6) is 1.64. The SMILES string of the molecule is COc1cc(C)ccc1N1CC(CCl)CC1=O. The standard InChI is InChI=1S/C13H16ClNO2/c1-9-3-4-11(12(5-9)17-2)15-8-10(7-14)6-13(15)16/h3-5,10H,6-8H2,1-2H3. The minimum Gasteiger partial charge on any atom is -0.495 e. The van der Waals surface area contributed by atoms with Gasteiger partial charge in [0.15, 0.2) is 0 Å². The fourth-order valence-corrected chi connectivity index (χ4v) is 2.33. The van der Waals surface area contributed by atoms with Gasteiger partial charge < -0.3 is 9.64 Å². The third-order valence-corrected chi connectivity index (χ3v) is 3.49. The molecule has 1 amide bonds. The van der Waals surface area contributed by atoms with E-state index in [2.05, 4.69) is 0 Å². The minimum absolute atomic E-state index is 0.123. The highest BCUT2D eigenvalue weighted by molar-refractivity contribution is 6.18. The van der Waals surface area contributed by atoms with Crippen LogP contribution in [-0.4, -0.2) is 25.4 Å². The number of aryl methyl sites for hydroxylation is 1. The van der Waals surface area contributed by atoms with Crippen LogP contribution in [0.1, 0.15) is 12.0 Å². The summed E-state index contributed by atoms with van der Waals surface area (Å²) >= 11 is 5.81. The molecule has 1 unspecified atom stereocenters. The molecule has 1 aliphatic heterocycles. The highest BCUT2D eigenvalue weighted by atomic mass is 35.5. The van der Waals surface area contributed by atoms with E-state index in [1.807, 2.05) is 25.1 Å². The van der Waals surface area contributed by atoms with Gasteiger partial charge in [-0.2, -0.15) is 0 Å². The molecule has 1 atom stereocenters. The molecule has 0 saturated carbocycles. The van der Waals surface area contributed by atoms with E-state index in [1.54, 1.807) is 12.0 Å². The Morgan fingerprint density at radius 3 is 2.88 bits per heavy atom. The van der Waals surface area contributed by atoms with E-state index in [4.69, 9.17) is 16.3 Å². The predicted octanol–water partition coefficient (Wildman–Crippen LogP) is 2.60. The Balaban J connectivity index is 2.31. The maximum atomic E-state index is 11.9. The molecule has 0 spiro atoms. The molecule has 1 aromatic carbocycles. The molecular weight excluding hydrogens is 238 g/mol. The molecule has 1 saturated heterocycles. The number of anilines is 1. The molecule has 0 aliphatic carbocycles. The van der Waals surface area contributed by atoms with E-state index >= 15 is 0 Å². The Kier molecular flexibility index (Phi) is 3.57. The van der Waals surface area contributed by atoms with Crippen molar-refractivity contribution in [3.8, 4) is 5.75 Å². The van der Waals surface area contributed by atoms with E-state index in [0.29, 0.717) is 18.8 Å². The Morgan fingerprint density at radius 2 is 2.29 bits per heavy atom. The summed E-state index contributed by atoms with van der Waals surface area (Å²) in [6, 6.07) is 5.86. The van der Waals surface area contributed by atoms with Gasteiger partial charge in [0.1, 0.15) is 5.75 Å². The topological polar surface area (TPSA) is 29.5 Å². The molecule has 1 heterocycles. The maximum Gasteiger partial charge on any atom is 0.227 e. The van der Waals surface area contributed by atoms with Crippen LogP contribution in [0.25, 0.3) is 0 Å². The molecule has 2 rings (SSSR count). The second-order valence-electron chi connectivity index (χ2n) is 4.40. The summed E-state index contributed by atoms with van der Waals surface area (Å²) < 4.78 is 5.33. The Morgan fingerprint density at radius 1 is 1.53 bits per heavy atom. The van der Waals surface area contributed by atoms with Gasteiger partial charge in [0.05, 0.1) is 12.8 Å². The predicted molar refractivity (Wildman–Crippen MR) is 68.9 cm³/mol. The van der Waals surface area contributed by atoms with Gasteiger partial charge in [0, 0.05) is 18.8 Å². The largest absolute Gasteiger partial charge is 0.495 e. The lowest BCUT2D eigenvalue weighted by Gasteiger charge is -2.19. The number of benzene rings is 1. The van der Waals surface area contributed by atoms with E-state index in [0.717, 1.165) is 17.0 Å². The fraction of sp³-hybridized carbons (Fsp3) is 0.462. The van der Waals surface area contributed by atoms with Gasteiger partial charge in [-0.15, -0.1) is 11.6 Å². The van der Waals surface area contributed by atoms with Gasteiger partial charge >= 0.3 is 0 Å². The van der Waals surface area contributed by atoms with Crippen LogP contribution in [0.4, 0.5) is 5.69 Å². The molecule has 0 radical (unpaired) electrons. The Hall–Kier alpha value is -1.22. The number of hydrogen-bond donors (Lipinski definition) is 0. The molecule has 17 heavy (non-hydrogen) atoms.